The molecule has 9 heteroatoms. The Bertz CT molecular complexity index is 1010. The van der Waals surface area contributed by atoms with Gasteiger partial charge in [0.25, 0.3) is 0 Å². The average Bonchev–Trinajstić information content (AvgIpc) is 3.20. The number of benzene rings is 1. The number of oxime groups is 1. The van der Waals surface area contributed by atoms with E-state index < -0.39 is 25.6 Å². The Kier molecular flexibility index (Phi) is 8.85. The molecule has 3 aliphatic rings. The van der Waals surface area contributed by atoms with Gasteiger partial charge in [-0.1, -0.05) is 50.2 Å². The van der Waals surface area contributed by atoms with Crippen molar-refractivity contribution in [2.45, 2.75) is 102 Å². The fraction of sp³-hybridized carbons (Fsp3) is 0.759. The van der Waals surface area contributed by atoms with E-state index in [1.165, 1.54) is 11.1 Å². The molecule has 0 aliphatic heterocycles. The molecular weight excluding hydrogens is 536 g/mol. The molecule has 0 radical (unpaired) electrons. The standard InChI is InChI=1S/C29H41F5NOPS/c1-26(2,37(4)38-17-7-14-28(30,31)29(32,33)34)15-12-20-18-19-8-5-6-9-21(19)22-13-16-27(3)23(25(20)22)10-11-24(27)35-36/h5-6,8-9,20,22-23,25,36H,7,10-18H2,1-4H3/b35-24-. The largest absolute Gasteiger partial charge is 0.453 e. The van der Waals surface area contributed by atoms with Crippen LogP contribution in [0.25, 0.3) is 0 Å². The van der Waals surface area contributed by atoms with Gasteiger partial charge in [0.15, 0.2) is 0 Å². The molecule has 0 amide bonds. The predicted octanol–water partition coefficient (Wildman–Crippen LogP) is 9.90. The number of fused-ring (bicyclic) bond motifs is 5. The van der Waals surface area contributed by atoms with Crippen LogP contribution in [0.3, 0.4) is 0 Å². The second kappa shape index (κ2) is 11.2. The summed E-state index contributed by atoms with van der Waals surface area (Å²) >= 11 is 1.57. The van der Waals surface area contributed by atoms with Crippen molar-refractivity contribution in [1.29, 1.82) is 0 Å². The molecule has 1 aromatic carbocycles. The molecular formula is C29H41F5NOPS. The van der Waals surface area contributed by atoms with E-state index in [1.807, 2.05) is 0 Å². The average molecular weight is 578 g/mol. The number of alkyl halides is 5. The monoisotopic (exact) mass is 577 g/mol. The third-order valence-corrected chi connectivity index (χ3v) is 16.0. The highest BCUT2D eigenvalue weighted by Gasteiger charge is 2.57. The van der Waals surface area contributed by atoms with Crippen molar-refractivity contribution in [3.05, 3.63) is 35.4 Å². The number of halogens is 5. The molecule has 0 heterocycles. The molecule has 0 saturated heterocycles. The van der Waals surface area contributed by atoms with Crippen LogP contribution >= 0.6 is 18.5 Å². The van der Waals surface area contributed by atoms with Gasteiger partial charge in [-0.05, 0) is 111 Å². The van der Waals surface area contributed by atoms with E-state index in [9.17, 15) is 27.2 Å². The van der Waals surface area contributed by atoms with Crippen molar-refractivity contribution in [2.75, 3.05) is 12.4 Å². The molecule has 3 aliphatic carbocycles. The maximum atomic E-state index is 13.3. The van der Waals surface area contributed by atoms with Crippen LogP contribution in [0.4, 0.5) is 22.0 Å². The summed E-state index contributed by atoms with van der Waals surface area (Å²) in [4.78, 5) is 0. The summed E-state index contributed by atoms with van der Waals surface area (Å²) in [6, 6.07) is 8.85. The van der Waals surface area contributed by atoms with Gasteiger partial charge in [-0.2, -0.15) is 22.0 Å². The fourth-order valence-corrected chi connectivity index (χ4v) is 11.3. The van der Waals surface area contributed by atoms with Crippen LogP contribution in [0.2, 0.25) is 0 Å². The van der Waals surface area contributed by atoms with Gasteiger partial charge in [0.1, 0.15) is 0 Å². The molecule has 6 unspecified atom stereocenters. The highest BCUT2D eigenvalue weighted by molar-refractivity contribution is 8.55. The van der Waals surface area contributed by atoms with E-state index in [0.717, 1.165) is 50.7 Å². The molecule has 1 aromatic rings. The summed E-state index contributed by atoms with van der Waals surface area (Å²) in [5.74, 6) is -2.20. The first-order valence-electron chi connectivity index (χ1n) is 13.8. The van der Waals surface area contributed by atoms with Crippen molar-refractivity contribution < 1.29 is 27.2 Å². The minimum absolute atomic E-state index is 0.00955. The first-order valence-corrected chi connectivity index (χ1v) is 17.2. The molecule has 6 atom stereocenters. The summed E-state index contributed by atoms with van der Waals surface area (Å²) in [5.41, 5.74) is 3.87. The molecule has 0 bridgehead atoms. The normalized spacial score (nSPS) is 31.6. The Hall–Kier alpha value is -0.880. The summed E-state index contributed by atoms with van der Waals surface area (Å²) in [6.45, 7) is 8.88. The van der Waals surface area contributed by atoms with Gasteiger partial charge >= 0.3 is 12.1 Å². The third kappa shape index (κ3) is 5.78. The van der Waals surface area contributed by atoms with E-state index in [4.69, 9.17) is 0 Å². The lowest BCUT2D eigenvalue weighted by Gasteiger charge is -2.52. The Morgan fingerprint density at radius 3 is 2.50 bits per heavy atom. The van der Waals surface area contributed by atoms with Crippen LogP contribution in [0.5, 0.6) is 0 Å². The molecule has 2 saturated carbocycles. The van der Waals surface area contributed by atoms with Gasteiger partial charge in [-0.25, -0.2) is 0 Å². The number of hydrogen-bond donors (Lipinski definition) is 1. The maximum absolute atomic E-state index is 13.3. The topological polar surface area (TPSA) is 32.6 Å². The molecule has 4 rings (SSSR count). The molecule has 2 nitrogen and oxygen atoms in total. The Morgan fingerprint density at radius 1 is 1.11 bits per heavy atom. The minimum atomic E-state index is -5.47. The first kappa shape index (κ1) is 30.1. The highest BCUT2D eigenvalue weighted by Crippen LogP contribution is 2.63. The van der Waals surface area contributed by atoms with Gasteiger partial charge in [-0.3, -0.25) is 0 Å². The zero-order valence-electron chi connectivity index (χ0n) is 22.8. The predicted molar refractivity (Wildman–Crippen MR) is 148 cm³/mol. The first-order chi connectivity index (χ1) is 17.7. The minimum Gasteiger partial charge on any atom is -0.411 e. The molecule has 38 heavy (non-hydrogen) atoms. The second-order valence-electron chi connectivity index (χ2n) is 12.5. The molecule has 1 N–H and O–H groups in total. The van der Waals surface area contributed by atoms with Gasteiger partial charge in [0.05, 0.1) is 5.71 Å². The quantitative estimate of drug-likeness (QED) is 0.104. The van der Waals surface area contributed by atoms with Crippen molar-refractivity contribution in [3.63, 3.8) is 0 Å². The molecule has 2 fully saturated rings. The number of rotatable bonds is 9. The maximum Gasteiger partial charge on any atom is 0.453 e. The van der Waals surface area contributed by atoms with E-state index in [1.54, 1.807) is 11.4 Å². The van der Waals surface area contributed by atoms with Crippen LogP contribution in [-0.2, 0) is 6.42 Å². The van der Waals surface area contributed by atoms with Crippen molar-refractivity contribution in [3.8, 4) is 0 Å². The van der Waals surface area contributed by atoms with Gasteiger partial charge in [0.2, 0.25) is 0 Å². The second-order valence-corrected chi connectivity index (χ2v) is 17.8. The SMILES string of the molecule is CP(SCCCC(F)(F)C(F)(F)F)C(C)(C)CCC1Cc2ccccc2C2CCC3(C)/C(=N\O)CCC3C12. The van der Waals surface area contributed by atoms with Crippen LogP contribution in [0.15, 0.2) is 29.4 Å². The lowest BCUT2D eigenvalue weighted by atomic mass is 9.52. The van der Waals surface area contributed by atoms with E-state index in [0.29, 0.717) is 29.4 Å². The summed E-state index contributed by atoms with van der Waals surface area (Å²) in [5, 5.41) is 13.4. The van der Waals surface area contributed by atoms with Crippen LogP contribution in [-0.4, -0.2) is 40.6 Å². The summed E-state index contributed by atoms with van der Waals surface area (Å²) in [7, 11) is -0.591. The molecule has 214 valence electrons. The lowest BCUT2D eigenvalue weighted by molar-refractivity contribution is -0.284. The third-order valence-electron chi connectivity index (χ3n) is 9.99. The zero-order chi connectivity index (χ0) is 27.9. The summed E-state index contributed by atoms with van der Waals surface area (Å²) < 4.78 is 64.0. The number of nitrogens with zero attached hydrogens (tertiary/aromatic N) is 1. The number of hydrogen-bond acceptors (Lipinski definition) is 3. The van der Waals surface area contributed by atoms with Crippen LogP contribution < -0.4 is 0 Å². The van der Waals surface area contributed by atoms with Crippen molar-refractivity contribution in [2.24, 2.45) is 28.3 Å². The van der Waals surface area contributed by atoms with Crippen molar-refractivity contribution in [1.82, 2.24) is 0 Å². The van der Waals surface area contributed by atoms with E-state index in [2.05, 4.69) is 56.9 Å². The van der Waals surface area contributed by atoms with Crippen molar-refractivity contribution >= 4 is 24.2 Å². The van der Waals surface area contributed by atoms with Crippen LogP contribution in [0, 0.1) is 23.2 Å². The Morgan fingerprint density at radius 2 is 1.82 bits per heavy atom. The van der Waals surface area contributed by atoms with E-state index in [-0.39, 0.29) is 17.0 Å². The molecule has 0 aromatic heterocycles. The van der Waals surface area contributed by atoms with Gasteiger partial charge in [-0.15, -0.1) is 11.4 Å². The summed E-state index contributed by atoms with van der Waals surface area (Å²) in [6.07, 6.45) is 0.455. The Balaban J connectivity index is 1.42. The zero-order valence-corrected chi connectivity index (χ0v) is 24.5. The molecule has 0 spiro atoms. The Labute approximate surface area is 229 Å². The lowest BCUT2D eigenvalue weighted by Crippen LogP contribution is -2.46. The van der Waals surface area contributed by atoms with Gasteiger partial charge < -0.3 is 5.21 Å². The van der Waals surface area contributed by atoms with Crippen LogP contribution in [0.1, 0.15) is 89.2 Å². The van der Waals surface area contributed by atoms with Gasteiger partial charge in [0, 0.05) is 11.8 Å². The fourth-order valence-electron chi connectivity index (χ4n) is 7.47. The highest BCUT2D eigenvalue weighted by atomic mass is 32.7. The smallest absolute Gasteiger partial charge is 0.411 e. The van der Waals surface area contributed by atoms with E-state index >= 15 is 0 Å².